The van der Waals surface area contributed by atoms with Crippen molar-refractivity contribution in [2.45, 2.75) is 18.5 Å². The molecule has 7 heteroatoms. The second kappa shape index (κ2) is 7.54. The number of rotatable bonds is 4. The zero-order valence-electron chi connectivity index (χ0n) is 15.4. The van der Waals surface area contributed by atoms with E-state index in [0.717, 1.165) is 24.5 Å². The summed E-state index contributed by atoms with van der Waals surface area (Å²) in [7, 11) is 1.67. The molecule has 0 saturated carbocycles. The van der Waals surface area contributed by atoms with E-state index in [9.17, 15) is 4.79 Å². The summed E-state index contributed by atoms with van der Waals surface area (Å²) in [4.78, 5) is 19.3. The molecule has 0 radical (unpaired) electrons. The molecule has 1 fully saturated rings. The Balaban J connectivity index is 1.61. The number of fused-ring (bicyclic) bond motifs is 1. The third-order valence-corrected chi connectivity index (χ3v) is 5.19. The minimum atomic E-state index is -0.408. The van der Waals surface area contributed by atoms with E-state index in [4.69, 9.17) is 14.1 Å². The zero-order chi connectivity index (χ0) is 18.7. The number of nitrogens with one attached hydrogen (secondary N) is 2. The number of nitrogens with zero attached hydrogens (tertiary/aromatic N) is 2. The summed E-state index contributed by atoms with van der Waals surface area (Å²) in [5.74, 6) is 1.14. The van der Waals surface area contributed by atoms with Crippen molar-refractivity contribution >= 4 is 17.4 Å². The van der Waals surface area contributed by atoms with E-state index in [1.807, 2.05) is 17.0 Å². The summed E-state index contributed by atoms with van der Waals surface area (Å²) in [6, 6.07) is 11.6. The van der Waals surface area contributed by atoms with Gasteiger partial charge in [0.25, 0.3) is 5.91 Å². The predicted molar refractivity (Wildman–Crippen MR) is 103 cm³/mol. The molecule has 1 atom stereocenters. The highest BCUT2D eigenvalue weighted by molar-refractivity contribution is 6.05. The number of carbonyl (C=O) groups excluding carboxylic acids is 1. The first-order chi connectivity index (χ1) is 13.2. The number of carbonyl (C=O) groups is 1. The molecule has 1 aromatic carbocycles. The molecular formula is C20H24N4O3. The number of anilines is 1. The number of ether oxygens (including phenoxy) is 1. The molecule has 1 amide bonds. The summed E-state index contributed by atoms with van der Waals surface area (Å²) in [6.45, 7) is 3.02. The predicted octanol–water partition coefficient (Wildman–Crippen LogP) is 2.12. The smallest absolute Gasteiger partial charge is 0.289 e. The fourth-order valence-electron chi connectivity index (χ4n) is 3.71. The van der Waals surface area contributed by atoms with Gasteiger partial charge in [0, 0.05) is 32.4 Å². The fraction of sp³-hybridized carbons (Fsp3) is 0.400. The fourth-order valence-corrected chi connectivity index (χ4v) is 3.71. The van der Waals surface area contributed by atoms with E-state index in [0.29, 0.717) is 32.0 Å². The highest BCUT2D eigenvalue weighted by Gasteiger charge is 2.45. The lowest BCUT2D eigenvalue weighted by Crippen LogP contribution is -2.55. The Morgan fingerprint density at radius 2 is 2.22 bits per heavy atom. The van der Waals surface area contributed by atoms with Crippen LogP contribution in [0.15, 0.2) is 52.1 Å². The van der Waals surface area contributed by atoms with Crippen LogP contribution in [-0.2, 0) is 11.3 Å². The topological polar surface area (TPSA) is 79.1 Å². The SMILES string of the molecule is COCCN=C1Nc2ccccc2CNC12CCN(C(=O)c1ccco1)C2. The van der Waals surface area contributed by atoms with Crippen LogP contribution in [0.3, 0.4) is 0 Å². The third-order valence-electron chi connectivity index (χ3n) is 5.19. The standard InChI is InChI=1S/C20H24N4O3/c1-26-12-9-21-19-20(22-13-15-5-2-3-6-16(15)23-19)8-10-24(14-20)18(25)17-7-4-11-27-17/h2-7,11,22H,8-10,12-14H2,1H3,(H,21,23). The molecule has 1 unspecified atom stereocenters. The van der Waals surface area contributed by atoms with Gasteiger partial charge in [-0.2, -0.15) is 0 Å². The van der Waals surface area contributed by atoms with E-state index in [1.54, 1.807) is 19.2 Å². The van der Waals surface area contributed by atoms with E-state index in [2.05, 4.69) is 22.8 Å². The molecular weight excluding hydrogens is 344 g/mol. The highest BCUT2D eigenvalue weighted by Crippen LogP contribution is 2.30. The van der Waals surface area contributed by atoms with Crippen LogP contribution in [0.1, 0.15) is 22.5 Å². The molecule has 2 aliphatic rings. The first-order valence-electron chi connectivity index (χ1n) is 9.18. The minimum Gasteiger partial charge on any atom is -0.459 e. The van der Waals surface area contributed by atoms with Crippen molar-refractivity contribution in [1.29, 1.82) is 0 Å². The normalized spacial score (nSPS) is 23.3. The molecule has 2 aliphatic heterocycles. The van der Waals surface area contributed by atoms with Crippen molar-refractivity contribution in [3.63, 3.8) is 0 Å². The van der Waals surface area contributed by atoms with Gasteiger partial charge in [0.1, 0.15) is 5.84 Å². The summed E-state index contributed by atoms with van der Waals surface area (Å²) in [5.41, 5.74) is 1.83. The Hall–Kier alpha value is -2.64. The lowest BCUT2D eigenvalue weighted by molar-refractivity contribution is 0.0754. The molecule has 1 saturated heterocycles. The van der Waals surface area contributed by atoms with E-state index in [-0.39, 0.29) is 5.91 Å². The molecule has 4 rings (SSSR count). The van der Waals surface area contributed by atoms with Crippen LogP contribution in [0.25, 0.3) is 0 Å². The molecule has 7 nitrogen and oxygen atoms in total. The number of hydrogen-bond donors (Lipinski definition) is 2. The second-order valence-corrected chi connectivity index (χ2v) is 6.89. The number of benzene rings is 1. The Kier molecular flexibility index (Phi) is 4.96. The molecule has 3 heterocycles. The van der Waals surface area contributed by atoms with Crippen LogP contribution in [0, 0.1) is 0 Å². The van der Waals surface area contributed by atoms with Crippen LogP contribution in [0.4, 0.5) is 5.69 Å². The number of para-hydroxylation sites is 1. The average Bonchev–Trinajstić information content (AvgIpc) is 3.34. The lowest BCUT2D eigenvalue weighted by Gasteiger charge is -2.30. The summed E-state index contributed by atoms with van der Waals surface area (Å²) < 4.78 is 10.5. The number of methoxy groups -OCH3 is 1. The maximum absolute atomic E-state index is 12.7. The van der Waals surface area contributed by atoms with Crippen molar-refractivity contribution in [1.82, 2.24) is 10.2 Å². The molecule has 0 aliphatic carbocycles. The van der Waals surface area contributed by atoms with Gasteiger partial charge in [-0.25, -0.2) is 0 Å². The van der Waals surface area contributed by atoms with Crippen molar-refractivity contribution in [3.05, 3.63) is 54.0 Å². The maximum atomic E-state index is 12.7. The van der Waals surface area contributed by atoms with Crippen molar-refractivity contribution in [3.8, 4) is 0 Å². The van der Waals surface area contributed by atoms with Crippen molar-refractivity contribution < 1.29 is 13.9 Å². The van der Waals surface area contributed by atoms with Gasteiger partial charge < -0.3 is 19.4 Å². The molecule has 2 N–H and O–H groups in total. The monoisotopic (exact) mass is 368 g/mol. The molecule has 142 valence electrons. The second-order valence-electron chi connectivity index (χ2n) is 6.89. The van der Waals surface area contributed by atoms with Gasteiger partial charge in [-0.05, 0) is 30.2 Å². The Bertz CT molecular complexity index is 834. The van der Waals surface area contributed by atoms with Crippen LogP contribution < -0.4 is 10.6 Å². The first-order valence-corrected chi connectivity index (χ1v) is 9.18. The number of amidine groups is 1. The Labute approximate surface area is 158 Å². The number of furan rings is 1. The quantitative estimate of drug-likeness (QED) is 0.809. The first kappa shape index (κ1) is 17.8. The third kappa shape index (κ3) is 3.48. The van der Waals surface area contributed by atoms with Crippen LogP contribution >= 0.6 is 0 Å². The van der Waals surface area contributed by atoms with Gasteiger partial charge in [0.05, 0.1) is 25.0 Å². The minimum absolute atomic E-state index is 0.0864. The molecule has 1 spiro atoms. The molecule has 2 aromatic rings. The number of aliphatic imine (C=N–C) groups is 1. The maximum Gasteiger partial charge on any atom is 0.289 e. The number of hydrogen-bond acceptors (Lipinski definition) is 5. The van der Waals surface area contributed by atoms with E-state index in [1.165, 1.54) is 11.8 Å². The van der Waals surface area contributed by atoms with E-state index >= 15 is 0 Å². The van der Waals surface area contributed by atoms with Crippen LogP contribution in [0.2, 0.25) is 0 Å². The summed E-state index contributed by atoms with van der Waals surface area (Å²) in [6.07, 6.45) is 2.31. The number of amides is 1. The average molecular weight is 368 g/mol. The molecule has 27 heavy (non-hydrogen) atoms. The van der Waals surface area contributed by atoms with Gasteiger partial charge in [0.2, 0.25) is 0 Å². The summed E-state index contributed by atoms with van der Waals surface area (Å²) >= 11 is 0. The Morgan fingerprint density at radius 1 is 1.33 bits per heavy atom. The van der Waals surface area contributed by atoms with Gasteiger partial charge in [0.15, 0.2) is 5.76 Å². The van der Waals surface area contributed by atoms with Crippen LogP contribution in [0.5, 0.6) is 0 Å². The van der Waals surface area contributed by atoms with Gasteiger partial charge in [-0.1, -0.05) is 18.2 Å². The highest BCUT2D eigenvalue weighted by atomic mass is 16.5. The van der Waals surface area contributed by atoms with Crippen LogP contribution in [-0.4, -0.2) is 55.5 Å². The Morgan fingerprint density at radius 3 is 3.04 bits per heavy atom. The van der Waals surface area contributed by atoms with Gasteiger partial charge >= 0.3 is 0 Å². The van der Waals surface area contributed by atoms with Gasteiger partial charge in [-0.15, -0.1) is 0 Å². The van der Waals surface area contributed by atoms with Crippen molar-refractivity contribution in [2.75, 3.05) is 38.7 Å². The molecule has 1 aromatic heterocycles. The number of likely N-dealkylation sites (tertiary alicyclic amines) is 1. The van der Waals surface area contributed by atoms with E-state index < -0.39 is 5.54 Å². The molecule has 0 bridgehead atoms. The van der Waals surface area contributed by atoms with Gasteiger partial charge in [-0.3, -0.25) is 15.1 Å². The summed E-state index contributed by atoms with van der Waals surface area (Å²) in [5, 5.41) is 7.18. The van der Waals surface area contributed by atoms with Crippen molar-refractivity contribution in [2.24, 2.45) is 4.99 Å². The zero-order valence-corrected chi connectivity index (χ0v) is 15.4. The largest absolute Gasteiger partial charge is 0.459 e. The lowest BCUT2D eigenvalue weighted by atomic mass is 9.96.